The van der Waals surface area contributed by atoms with Crippen LogP contribution in [0.5, 0.6) is 11.5 Å². The summed E-state index contributed by atoms with van der Waals surface area (Å²) in [6.45, 7) is 2.27. The Balaban J connectivity index is 1.76. The van der Waals surface area contributed by atoms with Crippen LogP contribution in [0.2, 0.25) is 0 Å². The lowest BCUT2D eigenvalue weighted by molar-refractivity contribution is -0.140. The molecule has 3 aromatic rings. The maximum atomic E-state index is 13.3. The molecule has 0 aliphatic carbocycles. The lowest BCUT2D eigenvalue weighted by Crippen LogP contribution is -2.43. The quantitative estimate of drug-likeness (QED) is 0.508. The third-order valence-electron chi connectivity index (χ3n) is 5.44. The molecule has 0 fully saturated rings. The van der Waals surface area contributed by atoms with E-state index < -0.39 is 6.04 Å². The number of carbonyl (C=O) groups excluding carboxylic acids is 2. The third kappa shape index (κ3) is 6.35. The summed E-state index contributed by atoms with van der Waals surface area (Å²) in [4.78, 5) is 27.6. The Hall–Kier alpha value is -3.80. The number of nitrogens with zero attached hydrogens (tertiary/aromatic N) is 1. The molecule has 1 atom stereocenters. The highest BCUT2D eigenvalue weighted by Crippen LogP contribution is 2.28. The number of hydrogen-bond donors (Lipinski definition) is 1. The molecular weight excluding hydrogens is 416 g/mol. The molecular formula is C27H30N2O4. The molecule has 0 heterocycles. The number of nitrogens with one attached hydrogen (secondary N) is 1. The van der Waals surface area contributed by atoms with E-state index >= 15 is 0 Å². The van der Waals surface area contributed by atoms with Gasteiger partial charge in [0.05, 0.1) is 14.2 Å². The minimum atomic E-state index is -0.727. The number of carbonyl (C=O) groups is 2. The van der Waals surface area contributed by atoms with E-state index in [4.69, 9.17) is 9.47 Å². The minimum absolute atomic E-state index is 0.164. The highest BCUT2D eigenvalue weighted by molar-refractivity contribution is 5.88. The monoisotopic (exact) mass is 446 g/mol. The van der Waals surface area contributed by atoms with Crippen molar-refractivity contribution in [2.75, 3.05) is 20.8 Å². The Morgan fingerprint density at radius 3 is 2.09 bits per heavy atom. The van der Waals surface area contributed by atoms with Gasteiger partial charge in [-0.1, -0.05) is 66.7 Å². The van der Waals surface area contributed by atoms with Gasteiger partial charge in [-0.2, -0.15) is 0 Å². The van der Waals surface area contributed by atoms with E-state index in [1.165, 1.54) is 6.92 Å². The van der Waals surface area contributed by atoms with E-state index in [0.29, 0.717) is 31.0 Å². The van der Waals surface area contributed by atoms with Crippen LogP contribution < -0.4 is 14.8 Å². The van der Waals surface area contributed by atoms with Crippen molar-refractivity contribution in [1.82, 2.24) is 10.2 Å². The van der Waals surface area contributed by atoms with E-state index in [1.54, 1.807) is 19.1 Å². The summed E-state index contributed by atoms with van der Waals surface area (Å²) in [5.74, 6) is 0.928. The van der Waals surface area contributed by atoms with Crippen molar-refractivity contribution in [2.24, 2.45) is 0 Å². The summed E-state index contributed by atoms with van der Waals surface area (Å²) in [6.07, 6.45) is 0.617. The van der Waals surface area contributed by atoms with Gasteiger partial charge in [0.1, 0.15) is 6.04 Å². The third-order valence-corrected chi connectivity index (χ3v) is 5.44. The second kappa shape index (κ2) is 11.7. The molecule has 0 aliphatic rings. The van der Waals surface area contributed by atoms with Crippen LogP contribution >= 0.6 is 0 Å². The normalized spacial score (nSPS) is 11.4. The maximum Gasteiger partial charge on any atom is 0.247 e. The Bertz CT molecular complexity index is 1050. The fourth-order valence-corrected chi connectivity index (χ4v) is 3.74. The number of methoxy groups -OCH3 is 2. The fraction of sp³-hybridized carbons (Fsp3) is 0.259. The van der Waals surface area contributed by atoms with Crippen LogP contribution in [0, 0.1) is 0 Å². The van der Waals surface area contributed by atoms with Gasteiger partial charge in [0.2, 0.25) is 11.8 Å². The van der Waals surface area contributed by atoms with Crippen LogP contribution in [0.1, 0.15) is 29.7 Å². The largest absolute Gasteiger partial charge is 0.493 e. The average molecular weight is 447 g/mol. The number of amides is 2. The molecule has 0 bridgehead atoms. The average Bonchev–Trinajstić information content (AvgIpc) is 2.84. The van der Waals surface area contributed by atoms with E-state index in [0.717, 1.165) is 16.7 Å². The summed E-state index contributed by atoms with van der Waals surface area (Å²) < 4.78 is 10.6. The minimum Gasteiger partial charge on any atom is -0.493 e. The van der Waals surface area contributed by atoms with Crippen molar-refractivity contribution >= 4 is 11.8 Å². The predicted molar refractivity (Wildman–Crippen MR) is 128 cm³/mol. The van der Waals surface area contributed by atoms with Gasteiger partial charge >= 0.3 is 0 Å². The summed E-state index contributed by atoms with van der Waals surface area (Å²) in [5.41, 5.74) is 2.75. The molecule has 2 amide bonds. The molecule has 3 aromatic carbocycles. The Morgan fingerprint density at radius 2 is 1.48 bits per heavy atom. The summed E-state index contributed by atoms with van der Waals surface area (Å²) >= 11 is 0. The van der Waals surface area contributed by atoms with Gasteiger partial charge in [0.15, 0.2) is 11.5 Å². The smallest absolute Gasteiger partial charge is 0.247 e. The summed E-state index contributed by atoms with van der Waals surface area (Å²) in [6, 6.07) is 24.0. The molecule has 0 saturated heterocycles. The first-order valence-electron chi connectivity index (χ1n) is 10.9. The standard InChI is InChI=1S/C27H30N2O4/c1-20(30)29(19-22-10-6-4-7-11-22)26(23-12-8-5-9-13-23)27(31)28-17-16-21-14-15-24(32-2)25(18-21)33-3/h4-15,18,26H,16-17,19H2,1-3H3,(H,28,31)/t26-/m1/s1. The van der Waals surface area contributed by atoms with Crippen LogP contribution in [-0.4, -0.2) is 37.5 Å². The van der Waals surface area contributed by atoms with Gasteiger partial charge in [-0.3, -0.25) is 9.59 Å². The SMILES string of the molecule is COc1ccc(CCNC(=O)[C@@H](c2ccccc2)N(Cc2ccccc2)C(C)=O)cc1OC. The van der Waals surface area contributed by atoms with Crippen molar-refractivity contribution in [2.45, 2.75) is 25.9 Å². The van der Waals surface area contributed by atoms with Crippen LogP contribution in [0.4, 0.5) is 0 Å². The number of hydrogen-bond acceptors (Lipinski definition) is 4. The van der Waals surface area contributed by atoms with Gasteiger partial charge < -0.3 is 19.7 Å². The zero-order valence-corrected chi connectivity index (χ0v) is 19.3. The Morgan fingerprint density at radius 1 is 0.848 bits per heavy atom. The first-order chi connectivity index (χ1) is 16.0. The number of ether oxygens (including phenoxy) is 2. The fourth-order valence-electron chi connectivity index (χ4n) is 3.74. The van der Waals surface area contributed by atoms with Gasteiger partial charge in [-0.05, 0) is 35.2 Å². The molecule has 1 N–H and O–H groups in total. The van der Waals surface area contributed by atoms with Crippen molar-refractivity contribution in [1.29, 1.82) is 0 Å². The zero-order chi connectivity index (χ0) is 23.6. The van der Waals surface area contributed by atoms with E-state index in [1.807, 2.05) is 78.9 Å². The van der Waals surface area contributed by atoms with Crippen molar-refractivity contribution in [3.63, 3.8) is 0 Å². The van der Waals surface area contributed by atoms with Crippen LogP contribution in [0.3, 0.4) is 0 Å². The maximum absolute atomic E-state index is 13.3. The van der Waals surface area contributed by atoms with Gasteiger partial charge in [-0.25, -0.2) is 0 Å². The predicted octanol–water partition coefficient (Wildman–Crippen LogP) is 4.15. The van der Waals surface area contributed by atoms with Crippen molar-refractivity contribution in [3.05, 3.63) is 95.6 Å². The second-order valence-corrected chi connectivity index (χ2v) is 7.68. The lowest BCUT2D eigenvalue weighted by Gasteiger charge is -2.30. The molecule has 6 nitrogen and oxygen atoms in total. The molecule has 33 heavy (non-hydrogen) atoms. The molecule has 0 aromatic heterocycles. The first-order valence-corrected chi connectivity index (χ1v) is 10.9. The van der Waals surface area contributed by atoms with Gasteiger partial charge in [0, 0.05) is 20.0 Å². The molecule has 0 spiro atoms. The molecule has 0 saturated carbocycles. The van der Waals surface area contributed by atoms with Crippen molar-refractivity contribution in [3.8, 4) is 11.5 Å². The summed E-state index contributed by atoms with van der Waals surface area (Å²) in [5, 5.41) is 3.01. The van der Waals surface area contributed by atoms with E-state index in [-0.39, 0.29) is 11.8 Å². The lowest BCUT2D eigenvalue weighted by atomic mass is 10.0. The second-order valence-electron chi connectivity index (χ2n) is 7.68. The highest BCUT2D eigenvalue weighted by atomic mass is 16.5. The van der Waals surface area contributed by atoms with Gasteiger partial charge in [0.25, 0.3) is 0 Å². The van der Waals surface area contributed by atoms with Crippen LogP contribution in [-0.2, 0) is 22.6 Å². The molecule has 6 heteroatoms. The highest BCUT2D eigenvalue weighted by Gasteiger charge is 2.29. The molecule has 3 rings (SSSR count). The summed E-state index contributed by atoms with van der Waals surface area (Å²) in [7, 11) is 3.19. The topological polar surface area (TPSA) is 67.9 Å². The van der Waals surface area contributed by atoms with Gasteiger partial charge in [-0.15, -0.1) is 0 Å². The molecule has 0 aliphatic heterocycles. The zero-order valence-electron chi connectivity index (χ0n) is 19.3. The Labute approximate surface area is 195 Å². The van der Waals surface area contributed by atoms with Crippen LogP contribution in [0.15, 0.2) is 78.9 Å². The molecule has 0 radical (unpaired) electrons. The van der Waals surface area contributed by atoms with E-state index in [9.17, 15) is 9.59 Å². The number of rotatable bonds is 10. The number of benzene rings is 3. The van der Waals surface area contributed by atoms with Crippen molar-refractivity contribution < 1.29 is 19.1 Å². The first kappa shape index (κ1) is 23.9. The van der Waals surface area contributed by atoms with E-state index in [2.05, 4.69) is 5.32 Å². The Kier molecular flexibility index (Phi) is 8.47. The molecule has 172 valence electrons. The molecule has 0 unspecified atom stereocenters. The van der Waals surface area contributed by atoms with Crippen LogP contribution in [0.25, 0.3) is 0 Å².